The van der Waals surface area contributed by atoms with Crippen molar-refractivity contribution in [1.82, 2.24) is 10.3 Å². The van der Waals surface area contributed by atoms with Crippen LogP contribution >= 0.6 is 0 Å². The van der Waals surface area contributed by atoms with E-state index in [1.807, 2.05) is 6.92 Å². The van der Waals surface area contributed by atoms with Crippen molar-refractivity contribution in [2.75, 3.05) is 0 Å². The van der Waals surface area contributed by atoms with Crippen LogP contribution in [-0.2, 0) is 6.54 Å². The Morgan fingerprint density at radius 1 is 1.16 bits per heavy atom. The predicted octanol–water partition coefficient (Wildman–Crippen LogP) is 3.60. The summed E-state index contributed by atoms with van der Waals surface area (Å²) in [5, 5.41) is 3.24. The fourth-order valence-electron chi connectivity index (χ4n) is 1.93. The predicted molar refractivity (Wildman–Crippen MR) is 70.5 cm³/mol. The van der Waals surface area contributed by atoms with Crippen molar-refractivity contribution in [1.29, 1.82) is 0 Å². The zero-order valence-corrected chi connectivity index (χ0v) is 10.7. The van der Waals surface area contributed by atoms with Gasteiger partial charge in [0.25, 0.3) is 0 Å². The van der Waals surface area contributed by atoms with Gasteiger partial charge in [0.15, 0.2) is 0 Å². The van der Waals surface area contributed by atoms with E-state index in [0.717, 1.165) is 12.1 Å². The molecule has 0 radical (unpaired) electrons. The second kappa shape index (κ2) is 6.38. The van der Waals surface area contributed by atoms with Gasteiger partial charge in [0, 0.05) is 18.2 Å². The van der Waals surface area contributed by atoms with Gasteiger partial charge in [-0.25, -0.2) is 8.78 Å². The van der Waals surface area contributed by atoms with Crippen molar-refractivity contribution in [3.8, 4) is 0 Å². The topological polar surface area (TPSA) is 24.9 Å². The standard InChI is InChI=1S/C15H16F2N2/c1-2-14(15-8-7-12(16)10-19-15)18-9-11-5-3-4-6-13(11)17/h3-8,10,14,18H,2,9H2,1H3. The van der Waals surface area contributed by atoms with Gasteiger partial charge in [0.2, 0.25) is 0 Å². The summed E-state index contributed by atoms with van der Waals surface area (Å²) in [5.41, 5.74) is 1.38. The molecule has 1 aromatic heterocycles. The summed E-state index contributed by atoms with van der Waals surface area (Å²) >= 11 is 0. The lowest BCUT2D eigenvalue weighted by molar-refractivity contribution is 0.492. The zero-order valence-electron chi connectivity index (χ0n) is 10.7. The van der Waals surface area contributed by atoms with E-state index < -0.39 is 0 Å². The molecule has 0 aliphatic rings. The van der Waals surface area contributed by atoms with Gasteiger partial charge < -0.3 is 5.32 Å². The Kier molecular flexibility index (Phi) is 4.58. The van der Waals surface area contributed by atoms with Crippen molar-refractivity contribution in [3.63, 3.8) is 0 Å². The van der Waals surface area contributed by atoms with Crippen molar-refractivity contribution < 1.29 is 8.78 Å². The lowest BCUT2D eigenvalue weighted by atomic mass is 10.1. The third-order valence-electron chi connectivity index (χ3n) is 3.01. The minimum Gasteiger partial charge on any atom is -0.304 e. The number of halogens is 2. The molecule has 0 aliphatic carbocycles. The van der Waals surface area contributed by atoms with Crippen LogP contribution in [-0.4, -0.2) is 4.98 Å². The average Bonchev–Trinajstić information content (AvgIpc) is 2.43. The second-order valence-corrected chi connectivity index (χ2v) is 4.33. The molecular formula is C15H16F2N2. The molecule has 0 aliphatic heterocycles. The number of nitrogens with zero attached hydrogens (tertiary/aromatic N) is 1. The summed E-state index contributed by atoms with van der Waals surface area (Å²) < 4.78 is 26.3. The number of rotatable bonds is 5. The Hall–Kier alpha value is -1.81. The SMILES string of the molecule is CCC(NCc1ccccc1F)c1ccc(F)cn1. The summed E-state index contributed by atoms with van der Waals surface area (Å²) in [4.78, 5) is 4.05. The van der Waals surface area contributed by atoms with Crippen LogP contribution < -0.4 is 5.32 Å². The lowest BCUT2D eigenvalue weighted by Gasteiger charge is -2.16. The number of pyridine rings is 1. The summed E-state index contributed by atoms with van der Waals surface area (Å²) in [6.45, 7) is 2.42. The number of hydrogen-bond donors (Lipinski definition) is 1. The van der Waals surface area contributed by atoms with Gasteiger partial charge in [-0.1, -0.05) is 25.1 Å². The van der Waals surface area contributed by atoms with Gasteiger partial charge in [-0.05, 0) is 24.6 Å². The Morgan fingerprint density at radius 3 is 2.58 bits per heavy atom. The van der Waals surface area contributed by atoms with Gasteiger partial charge in [0.1, 0.15) is 11.6 Å². The highest BCUT2D eigenvalue weighted by Crippen LogP contribution is 2.16. The summed E-state index contributed by atoms with van der Waals surface area (Å²) in [6, 6.07) is 9.67. The lowest BCUT2D eigenvalue weighted by Crippen LogP contribution is -2.21. The van der Waals surface area contributed by atoms with E-state index in [-0.39, 0.29) is 17.7 Å². The van der Waals surface area contributed by atoms with Crippen molar-refractivity contribution >= 4 is 0 Å². The molecule has 0 spiro atoms. The molecule has 0 bridgehead atoms. The first-order valence-corrected chi connectivity index (χ1v) is 6.29. The van der Waals surface area contributed by atoms with Crippen LogP contribution in [0, 0.1) is 11.6 Å². The molecular weight excluding hydrogens is 246 g/mol. The van der Waals surface area contributed by atoms with E-state index in [0.29, 0.717) is 12.1 Å². The number of benzene rings is 1. The fraction of sp³-hybridized carbons (Fsp3) is 0.267. The molecule has 2 nitrogen and oxygen atoms in total. The van der Waals surface area contributed by atoms with Crippen molar-refractivity contribution in [2.45, 2.75) is 25.9 Å². The number of nitrogens with one attached hydrogen (secondary N) is 1. The van der Waals surface area contributed by atoms with Crippen LogP contribution in [0.5, 0.6) is 0 Å². The van der Waals surface area contributed by atoms with Gasteiger partial charge in [-0.15, -0.1) is 0 Å². The van der Waals surface area contributed by atoms with Gasteiger partial charge in [-0.3, -0.25) is 4.98 Å². The van der Waals surface area contributed by atoms with Crippen LogP contribution in [0.25, 0.3) is 0 Å². The monoisotopic (exact) mass is 262 g/mol. The quantitative estimate of drug-likeness (QED) is 0.890. The van der Waals surface area contributed by atoms with E-state index >= 15 is 0 Å². The van der Waals surface area contributed by atoms with E-state index in [1.54, 1.807) is 24.3 Å². The van der Waals surface area contributed by atoms with Crippen LogP contribution in [0.3, 0.4) is 0 Å². The molecule has 100 valence electrons. The third-order valence-corrected chi connectivity index (χ3v) is 3.01. The van der Waals surface area contributed by atoms with E-state index in [2.05, 4.69) is 10.3 Å². The van der Waals surface area contributed by atoms with Crippen LogP contribution in [0.1, 0.15) is 30.6 Å². The molecule has 0 saturated heterocycles. The molecule has 0 saturated carbocycles. The van der Waals surface area contributed by atoms with Gasteiger partial charge >= 0.3 is 0 Å². The Morgan fingerprint density at radius 2 is 1.95 bits per heavy atom. The Bertz CT molecular complexity index is 526. The van der Waals surface area contributed by atoms with E-state index in [4.69, 9.17) is 0 Å². The maximum Gasteiger partial charge on any atom is 0.141 e. The first kappa shape index (κ1) is 13.6. The van der Waals surface area contributed by atoms with Gasteiger partial charge in [0.05, 0.1) is 11.9 Å². The average molecular weight is 262 g/mol. The molecule has 1 atom stereocenters. The van der Waals surface area contributed by atoms with Gasteiger partial charge in [-0.2, -0.15) is 0 Å². The number of aromatic nitrogens is 1. The molecule has 1 heterocycles. The first-order valence-electron chi connectivity index (χ1n) is 6.29. The molecule has 4 heteroatoms. The molecule has 2 aromatic rings. The van der Waals surface area contributed by atoms with E-state index in [1.165, 1.54) is 18.3 Å². The Labute approximate surface area is 111 Å². The fourth-order valence-corrected chi connectivity index (χ4v) is 1.93. The highest BCUT2D eigenvalue weighted by molar-refractivity contribution is 5.18. The second-order valence-electron chi connectivity index (χ2n) is 4.33. The summed E-state index contributed by atoms with van der Waals surface area (Å²) in [6.07, 6.45) is 2.00. The van der Waals surface area contributed by atoms with Crippen LogP contribution in [0.15, 0.2) is 42.6 Å². The maximum atomic E-state index is 13.5. The number of hydrogen-bond acceptors (Lipinski definition) is 2. The molecule has 0 amide bonds. The molecule has 0 fully saturated rings. The minimum absolute atomic E-state index is 0.0137. The van der Waals surface area contributed by atoms with Crippen LogP contribution in [0.2, 0.25) is 0 Å². The van der Waals surface area contributed by atoms with Crippen molar-refractivity contribution in [2.24, 2.45) is 0 Å². The Balaban J connectivity index is 2.04. The summed E-state index contributed by atoms with van der Waals surface area (Å²) in [5.74, 6) is -0.579. The molecule has 1 unspecified atom stereocenters. The molecule has 19 heavy (non-hydrogen) atoms. The molecule has 1 aromatic carbocycles. The normalized spacial score (nSPS) is 12.4. The highest BCUT2D eigenvalue weighted by Gasteiger charge is 2.11. The first-order chi connectivity index (χ1) is 9.20. The largest absolute Gasteiger partial charge is 0.304 e. The maximum absolute atomic E-state index is 13.5. The minimum atomic E-state index is -0.354. The highest BCUT2D eigenvalue weighted by atomic mass is 19.1. The van der Waals surface area contributed by atoms with Crippen molar-refractivity contribution in [3.05, 3.63) is 65.5 Å². The zero-order chi connectivity index (χ0) is 13.7. The van der Waals surface area contributed by atoms with E-state index in [9.17, 15) is 8.78 Å². The summed E-state index contributed by atoms with van der Waals surface area (Å²) in [7, 11) is 0. The molecule has 2 rings (SSSR count). The molecule has 1 N–H and O–H groups in total. The van der Waals surface area contributed by atoms with Crippen LogP contribution in [0.4, 0.5) is 8.78 Å². The smallest absolute Gasteiger partial charge is 0.141 e. The third kappa shape index (κ3) is 3.58.